The molecule has 0 aliphatic carbocycles. The summed E-state index contributed by atoms with van der Waals surface area (Å²) in [5.74, 6) is -18.5. The molecule has 0 aromatic rings. The maximum Gasteiger partial charge on any atom is 0.460 e. The number of hydrogen-bond acceptors (Lipinski definition) is 2. The number of carbonyl (C=O) groups is 1. The summed E-state index contributed by atoms with van der Waals surface area (Å²) >= 11 is 0. The highest BCUT2D eigenvalue weighted by molar-refractivity contribution is 5.65. The molecule has 0 heterocycles. The Hall–Kier alpha value is -1.60. The van der Waals surface area contributed by atoms with Gasteiger partial charge < -0.3 is 4.74 Å². The fourth-order valence-corrected chi connectivity index (χ4v) is 1.00. The number of carbonyl (C=O) groups excluding carboxylic acids is 1. The predicted molar refractivity (Wildman–Crippen MR) is 54.5 cm³/mol. The molecule has 0 spiro atoms. The molecule has 0 N–H and O–H groups in total. The molecule has 0 saturated carbocycles. The first-order valence-electron chi connectivity index (χ1n) is 5.50. The number of hydrogen-bond donors (Lipinski definition) is 0. The van der Waals surface area contributed by atoms with E-state index in [1.165, 1.54) is 5.92 Å². The van der Waals surface area contributed by atoms with Crippen LogP contribution in [0.2, 0.25) is 0 Å². The molecule has 0 fully saturated rings. The Morgan fingerprint density at radius 2 is 1.45 bits per heavy atom. The van der Waals surface area contributed by atoms with E-state index in [9.17, 15) is 44.3 Å². The quantitative estimate of drug-likeness (QED) is 0.328. The summed E-state index contributed by atoms with van der Waals surface area (Å²) in [6, 6.07) is 0. The lowest BCUT2D eigenvalue weighted by Gasteiger charge is -2.31. The molecule has 0 radical (unpaired) electrons. The third-order valence-corrected chi connectivity index (χ3v) is 2.14. The molecule has 0 aromatic heterocycles. The van der Waals surface area contributed by atoms with Crippen LogP contribution in [-0.2, 0) is 9.53 Å². The minimum Gasteiger partial charge on any atom is -0.466 e. The lowest BCUT2D eigenvalue weighted by molar-refractivity contribution is -0.386. The Balaban J connectivity index is 4.97. The minimum atomic E-state index is -6.95. The summed E-state index contributed by atoms with van der Waals surface area (Å²) in [5.41, 5.74) is 0. The van der Waals surface area contributed by atoms with E-state index < -0.39 is 36.3 Å². The molecule has 0 unspecified atom stereocenters. The van der Waals surface area contributed by atoms with Crippen molar-refractivity contribution in [3.63, 3.8) is 0 Å². The predicted octanol–water partition coefficient (Wildman–Crippen LogP) is 3.80. The normalized spacial score (nSPS) is 13.4. The molecule has 0 aliphatic heterocycles. The molecular formula is C11H9F9O2. The number of alkyl halides is 9. The van der Waals surface area contributed by atoms with Gasteiger partial charge in [0, 0.05) is 13.3 Å². The van der Waals surface area contributed by atoms with Crippen LogP contribution in [0.25, 0.3) is 0 Å². The van der Waals surface area contributed by atoms with E-state index in [0.29, 0.717) is 5.92 Å². The molecule has 22 heavy (non-hydrogen) atoms. The smallest absolute Gasteiger partial charge is 0.460 e. The van der Waals surface area contributed by atoms with Crippen LogP contribution in [0.1, 0.15) is 19.8 Å². The molecule has 0 amide bonds. The van der Waals surface area contributed by atoms with Crippen LogP contribution in [0.5, 0.6) is 0 Å². The van der Waals surface area contributed by atoms with E-state index >= 15 is 0 Å². The van der Waals surface area contributed by atoms with E-state index in [0.717, 1.165) is 6.92 Å². The first kappa shape index (κ1) is 20.4. The van der Waals surface area contributed by atoms with Crippen LogP contribution < -0.4 is 0 Å². The largest absolute Gasteiger partial charge is 0.466 e. The third kappa shape index (κ3) is 4.45. The lowest BCUT2D eigenvalue weighted by Crippen LogP contribution is -2.60. The summed E-state index contributed by atoms with van der Waals surface area (Å²) in [7, 11) is 0. The standard InChI is InChI=1S/C11H9F9O2/c1-7(21)22-6-4-2-3-5-8(12,13)9(14,15)10(16,17)11(18,19)20/h2,4,6H2,1H3. The van der Waals surface area contributed by atoms with Crippen LogP contribution in [0.4, 0.5) is 39.5 Å². The second-order valence-corrected chi connectivity index (χ2v) is 3.97. The Bertz CT molecular complexity index is 456. The average molecular weight is 344 g/mol. The Kier molecular flexibility index (Phi) is 6.18. The minimum absolute atomic E-state index is 0.191. The fourth-order valence-electron chi connectivity index (χ4n) is 1.00. The molecule has 128 valence electrons. The van der Waals surface area contributed by atoms with Gasteiger partial charge in [-0.1, -0.05) is 5.92 Å². The van der Waals surface area contributed by atoms with Gasteiger partial charge in [0.25, 0.3) is 0 Å². The first-order valence-corrected chi connectivity index (χ1v) is 5.50. The van der Waals surface area contributed by atoms with Crippen molar-refractivity contribution in [3.05, 3.63) is 0 Å². The Labute approximate surface area is 118 Å². The van der Waals surface area contributed by atoms with Gasteiger partial charge in [0.1, 0.15) is 0 Å². The molecular weight excluding hydrogens is 335 g/mol. The van der Waals surface area contributed by atoms with E-state index in [1.54, 1.807) is 0 Å². The molecule has 2 nitrogen and oxygen atoms in total. The number of ether oxygens (including phenoxy) is 1. The second kappa shape index (κ2) is 6.66. The van der Waals surface area contributed by atoms with Crippen molar-refractivity contribution in [3.8, 4) is 11.8 Å². The Morgan fingerprint density at radius 1 is 0.955 bits per heavy atom. The van der Waals surface area contributed by atoms with Crippen molar-refractivity contribution in [1.82, 2.24) is 0 Å². The van der Waals surface area contributed by atoms with Crippen molar-refractivity contribution in [1.29, 1.82) is 0 Å². The fraction of sp³-hybridized carbons (Fsp3) is 0.727. The van der Waals surface area contributed by atoms with E-state index in [2.05, 4.69) is 4.74 Å². The summed E-state index contributed by atoms with van der Waals surface area (Å²) in [4.78, 5) is 10.3. The van der Waals surface area contributed by atoms with Crippen LogP contribution in [0, 0.1) is 11.8 Å². The lowest BCUT2D eigenvalue weighted by atomic mass is 10.0. The van der Waals surface area contributed by atoms with Gasteiger partial charge in [-0.25, -0.2) is 0 Å². The van der Waals surface area contributed by atoms with Crippen molar-refractivity contribution in [2.45, 2.75) is 43.7 Å². The number of unbranched alkanes of at least 4 members (excludes halogenated alkanes) is 1. The zero-order chi connectivity index (χ0) is 17.8. The molecule has 0 rings (SSSR count). The topological polar surface area (TPSA) is 26.3 Å². The number of rotatable bonds is 5. The van der Waals surface area contributed by atoms with Gasteiger partial charge in [0.15, 0.2) is 0 Å². The summed E-state index contributed by atoms with van der Waals surface area (Å²) in [6.07, 6.45) is -7.63. The highest BCUT2D eigenvalue weighted by Gasteiger charge is 2.81. The first-order chi connectivity index (χ1) is 9.67. The maximum absolute atomic E-state index is 12.9. The van der Waals surface area contributed by atoms with Crippen molar-refractivity contribution < 1.29 is 49.0 Å². The van der Waals surface area contributed by atoms with Crippen LogP contribution in [-0.4, -0.2) is 36.5 Å². The number of halogens is 9. The van der Waals surface area contributed by atoms with Crippen molar-refractivity contribution in [2.24, 2.45) is 0 Å². The monoisotopic (exact) mass is 344 g/mol. The second-order valence-electron chi connectivity index (χ2n) is 3.97. The van der Waals surface area contributed by atoms with Crippen molar-refractivity contribution >= 4 is 5.97 Å². The zero-order valence-corrected chi connectivity index (χ0v) is 10.8. The average Bonchev–Trinajstić information content (AvgIpc) is 2.31. The zero-order valence-electron chi connectivity index (χ0n) is 10.8. The maximum atomic E-state index is 12.9. The van der Waals surface area contributed by atoms with Gasteiger partial charge >= 0.3 is 29.9 Å². The molecule has 0 bridgehead atoms. The number of esters is 1. The molecule has 11 heteroatoms. The van der Waals surface area contributed by atoms with E-state index in [1.807, 2.05) is 0 Å². The van der Waals surface area contributed by atoms with Gasteiger partial charge in [0.05, 0.1) is 6.61 Å². The van der Waals surface area contributed by atoms with Gasteiger partial charge in [-0.2, -0.15) is 39.5 Å². The highest BCUT2D eigenvalue weighted by Crippen LogP contribution is 2.52. The molecule has 0 aromatic carbocycles. The summed E-state index contributed by atoms with van der Waals surface area (Å²) < 4.78 is 116. The molecule has 0 saturated heterocycles. The van der Waals surface area contributed by atoms with Crippen LogP contribution >= 0.6 is 0 Å². The van der Waals surface area contributed by atoms with Gasteiger partial charge in [0.2, 0.25) is 0 Å². The van der Waals surface area contributed by atoms with Gasteiger partial charge in [-0.15, -0.1) is 0 Å². The molecule has 0 aliphatic rings. The van der Waals surface area contributed by atoms with Gasteiger partial charge in [-0.05, 0) is 12.3 Å². The van der Waals surface area contributed by atoms with Gasteiger partial charge in [-0.3, -0.25) is 4.79 Å². The van der Waals surface area contributed by atoms with Crippen LogP contribution in [0.3, 0.4) is 0 Å². The van der Waals surface area contributed by atoms with Crippen molar-refractivity contribution in [2.75, 3.05) is 6.61 Å². The van der Waals surface area contributed by atoms with E-state index in [4.69, 9.17) is 0 Å². The summed E-state index contributed by atoms with van der Waals surface area (Å²) in [5, 5.41) is 0. The summed E-state index contributed by atoms with van der Waals surface area (Å²) in [6.45, 7) is 0.726. The van der Waals surface area contributed by atoms with E-state index in [-0.39, 0.29) is 13.0 Å². The van der Waals surface area contributed by atoms with Crippen LogP contribution in [0.15, 0.2) is 0 Å². The third-order valence-electron chi connectivity index (χ3n) is 2.14. The SMILES string of the molecule is CC(=O)OCCCC#CC(F)(F)C(F)(F)C(F)(F)C(F)(F)F. The molecule has 0 atom stereocenters. The Morgan fingerprint density at radius 3 is 1.86 bits per heavy atom. The highest BCUT2D eigenvalue weighted by atomic mass is 19.4.